The quantitative estimate of drug-likeness (QED) is 0.388. The summed E-state index contributed by atoms with van der Waals surface area (Å²) in [6.07, 6.45) is 2.03. The average molecular weight is 130 g/mol. The highest BCUT2D eigenvalue weighted by Gasteiger charge is 2.24. The molecule has 0 aromatic rings. The molecule has 3 N–H and O–H groups in total. The van der Waals surface area contributed by atoms with Crippen molar-refractivity contribution in [3.8, 4) is 0 Å². The molecule has 0 unspecified atom stereocenters. The Morgan fingerprint density at radius 1 is 1.44 bits per heavy atom. The second kappa shape index (κ2) is 2.64. The van der Waals surface area contributed by atoms with Gasteiger partial charge in [-0.05, 0) is 19.8 Å². The summed E-state index contributed by atoms with van der Waals surface area (Å²) in [5.74, 6) is 5.33. The monoisotopic (exact) mass is 130 g/mol. The fourth-order valence-corrected chi connectivity index (χ4v) is 0.966. The summed E-state index contributed by atoms with van der Waals surface area (Å²) in [4.78, 5) is 0. The lowest BCUT2D eigenvalue weighted by molar-refractivity contribution is 0.0454. The van der Waals surface area contributed by atoms with Gasteiger partial charge in [-0.15, -0.1) is 0 Å². The van der Waals surface area contributed by atoms with E-state index in [1.165, 1.54) is 0 Å². The maximum atomic E-state index is 5.33. The van der Waals surface area contributed by atoms with Crippen LogP contribution in [0.2, 0.25) is 0 Å². The van der Waals surface area contributed by atoms with Crippen LogP contribution in [0, 0.1) is 0 Å². The van der Waals surface area contributed by atoms with Crippen molar-refractivity contribution >= 4 is 0 Å². The molecule has 0 atom stereocenters. The summed E-state index contributed by atoms with van der Waals surface area (Å²) in [5.41, 5.74) is 2.92. The minimum Gasteiger partial charge on any atom is -0.381 e. The molecule has 54 valence electrons. The maximum Gasteiger partial charge on any atom is 0.0484 e. The van der Waals surface area contributed by atoms with E-state index in [-0.39, 0.29) is 5.54 Å². The Labute approximate surface area is 55.5 Å². The van der Waals surface area contributed by atoms with Gasteiger partial charge in [-0.1, -0.05) is 0 Å². The molecule has 0 spiro atoms. The van der Waals surface area contributed by atoms with Crippen LogP contribution in [0.25, 0.3) is 0 Å². The van der Waals surface area contributed by atoms with Gasteiger partial charge in [0, 0.05) is 18.8 Å². The number of ether oxygens (including phenoxy) is 1. The first-order valence-corrected chi connectivity index (χ1v) is 3.32. The smallest absolute Gasteiger partial charge is 0.0484 e. The van der Waals surface area contributed by atoms with Gasteiger partial charge in [0.05, 0.1) is 0 Å². The third-order valence-corrected chi connectivity index (χ3v) is 1.94. The largest absolute Gasteiger partial charge is 0.381 e. The molecule has 0 aromatic carbocycles. The second-order valence-corrected chi connectivity index (χ2v) is 2.82. The summed E-state index contributed by atoms with van der Waals surface area (Å²) in [5, 5.41) is 0. The summed E-state index contributed by atoms with van der Waals surface area (Å²) < 4.78 is 5.17. The van der Waals surface area contributed by atoms with Gasteiger partial charge in [0.25, 0.3) is 0 Å². The highest BCUT2D eigenvalue weighted by Crippen LogP contribution is 2.17. The lowest BCUT2D eigenvalue weighted by Crippen LogP contribution is -2.50. The molecule has 0 amide bonds. The van der Waals surface area contributed by atoms with E-state index in [2.05, 4.69) is 12.3 Å². The SMILES string of the molecule is CC1(NN)CCOCC1. The first-order chi connectivity index (χ1) is 4.27. The summed E-state index contributed by atoms with van der Waals surface area (Å²) in [7, 11) is 0. The summed E-state index contributed by atoms with van der Waals surface area (Å²) in [6.45, 7) is 3.79. The van der Waals surface area contributed by atoms with Crippen molar-refractivity contribution in [1.29, 1.82) is 0 Å². The fourth-order valence-electron chi connectivity index (χ4n) is 0.966. The molecule has 1 rings (SSSR count). The lowest BCUT2D eigenvalue weighted by atomic mass is 9.94. The van der Waals surface area contributed by atoms with E-state index >= 15 is 0 Å². The fraction of sp³-hybridized carbons (Fsp3) is 1.00. The van der Waals surface area contributed by atoms with Crippen LogP contribution in [-0.2, 0) is 4.74 Å². The van der Waals surface area contributed by atoms with E-state index in [0.717, 1.165) is 26.1 Å². The first-order valence-electron chi connectivity index (χ1n) is 3.32. The molecule has 1 heterocycles. The van der Waals surface area contributed by atoms with Crippen molar-refractivity contribution in [3.63, 3.8) is 0 Å². The molecule has 3 nitrogen and oxygen atoms in total. The van der Waals surface area contributed by atoms with Crippen molar-refractivity contribution in [2.75, 3.05) is 13.2 Å². The van der Waals surface area contributed by atoms with Crippen LogP contribution in [0.3, 0.4) is 0 Å². The number of nitrogens with one attached hydrogen (secondary N) is 1. The van der Waals surface area contributed by atoms with E-state index in [0.29, 0.717) is 0 Å². The van der Waals surface area contributed by atoms with Crippen LogP contribution in [0.5, 0.6) is 0 Å². The molecule has 1 saturated heterocycles. The Balaban J connectivity index is 2.37. The van der Waals surface area contributed by atoms with Gasteiger partial charge in [0.2, 0.25) is 0 Å². The van der Waals surface area contributed by atoms with Crippen LogP contribution >= 0.6 is 0 Å². The standard InChI is InChI=1S/C6H14N2O/c1-6(8-7)2-4-9-5-3-6/h8H,2-5,7H2,1H3. The molecular formula is C6H14N2O. The summed E-state index contributed by atoms with van der Waals surface area (Å²) in [6, 6.07) is 0. The van der Waals surface area contributed by atoms with Gasteiger partial charge in [0.15, 0.2) is 0 Å². The molecular weight excluding hydrogens is 116 g/mol. The van der Waals surface area contributed by atoms with Crippen molar-refractivity contribution in [3.05, 3.63) is 0 Å². The van der Waals surface area contributed by atoms with Crippen LogP contribution in [0.4, 0.5) is 0 Å². The zero-order chi connectivity index (χ0) is 6.74. The number of rotatable bonds is 1. The van der Waals surface area contributed by atoms with Gasteiger partial charge in [-0.3, -0.25) is 11.3 Å². The zero-order valence-electron chi connectivity index (χ0n) is 5.81. The maximum absolute atomic E-state index is 5.33. The van der Waals surface area contributed by atoms with Crippen molar-refractivity contribution < 1.29 is 4.74 Å². The number of nitrogens with two attached hydrogens (primary N) is 1. The first kappa shape index (κ1) is 6.99. The van der Waals surface area contributed by atoms with Gasteiger partial charge in [-0.2, -0.15) is 0 Å². The van der Waals surface area contributed by atoms with Crippen LogP contribution in [0.15, 0.2) is 0 Å². The Kier molecular flexibility index (Phi) is 2.05. The minimum atomic E-state index is 0.123. The van der Waals surface area contributed by atoms with Crippen LogP contribution < -0.4 is 11.3 Å². The Hall–Kier alpha value is -0.120. The third-order valence-electron chi connectivity index (χ3n) is 1.94. The van der Waals surface area contributed by atoms with Gasteiger partial charge in [-0.25, -0.2) is 0 Å². The van der Waals surface area contributed by atoms with Crippen molar-refractivity contribution in [2.24, 2.45) is 5.84 Å². The average Bonchev–Trinajstić information content (AvgIpc) is 1.90. The Morgan fingerprint density at radius 3 is 2.33 bits per heavy atom. The minimum absolute atomic E-state index is 0.123. The van der Waals surface area contributed by atoms with Gasteiger partial charge in [0.1, 0.15) is 0 Å². The molecule has 1 aliphatic rings. The lowest BCUT2D eigenvalue weighted by Gasteiger charge is -2.32. The van der Waals surface area contributed by atoms with Crippen LogP contribution in [0.1, 0.15) is 19.8 Å². The van der Waals surface area contributed by atoms with Crippen molar-refractivity contribution in [1.82, 2.24) is 5.43 Å². The topological polar surface area (TPSA) is 47.3 Å². The zero-order valence-corrected chi connectivity index (χ0v) is 5.81. The highest BCUT2D eigenvalue weighted by molar-refractivity contribution is 4.82. The molecule has 0 aliphatic carbocycles. The molecule has 9 heavy (non-hydrogen) atoms. The molecule has 1 fully saturated rings. The number of hydrazine groups is 1. The molecule has 0 aromatic heterocycles. The number of hydrogen-bond acceptors (Lipinski definition) is 3. The normalized spacial score (nSPS) is 26.0. The van der Waals surface area contributed by atoms with E-state index in [4.69, 9.17) is 10.6 Å². The molecule has 0 bridgehead atoms. The van der Waals surface area contributed by atoms with Gasteiger partial charge < -0.3 is 4.74 Å². The predicted molar refractivity (Wildman–Crippen MR) is 35.8 cm³/mol. The predicted octanol–water partition coefficient (Wildman–Crippen LogP) is 0.0188. The van der Waals surface area contributed by atoms with Crippen molar-refractivity contribution in [2.45, 2.75) is 25.3 Å². The van der Waals surface area contributed by atoms with E-state index in [1.807, 2.05) is 0 Å². The second-order valence-electron chi connectivity index (χ2n) is 2.82. The highest BCUT2D eigenvalue weighted by atomic mass is 16.5. The molecule has 0 radical (unpaired) electrons. The molecule has 1 aliphatic heterocycles. The van der Waals surface area contributed by atoms with Crippen LogP contribution in [-0.4, -0.2) is 18.8 Å². The third kappa shape index (κ3) is 1.64. The summed E-state index contributed by atoms with van der Waals surface area (Å²) >= 11 is 0. The van der Waals surface area contributed by atoms with Gasteiger partial charge >= 0.3 is 0 Å². The Bertz CT molecular complexity index is 89.1. The van der Waals surface area contributed by atoms with E-state index in [1.54, 1.807) is 0 Å². The Morgan fingerprint density at radius 2 is 2.00 bits per heavy atom. The van der Waals surface area contributed by atoms with E-state index in [9.17, 15) is 0 Å². The number of hydrogen-bond donors (Lipinski definition) is 2. The molecule has 0 saturated carbocycles. The van der Waals surface area contributed by atoms with E-state index < -0.39 is 0 Å². The molecule has 3 heteroatoms.